The summed E-state index contributed by atoms with van der Waals surface area (Å²) < 4.78 is 27.3. The Kier molecular flexibility index (Phi) is 6.43. The highest BCUT2D eigenvalue weighted by molar-refractivity contribution is 7.89. The van der Waals surface area contributed by atoms with Gasteiger partial charge in [-0.1, -0.05) is 12.8 Å². The molecule has 8 heteroatoms. The van der Waals surface area contributed by atoms with Crippen LogP contribution in [0.15, 0.2) is 29.2 Å². The monoisotopic (exact) mass is 433 g/mol. The number of nitrogens with one attached hydrogen (secondary N) is 1. The van der Waals surface area contributed by atoms with Crippen molar-refractivity contribution in [3.05, 3.63) is 24.3 Å². The third kappa shape index (κ3) is 4.86. The highest BCUT2D eigenvalue weighted by atomic mass is 32.2. The number of piperidine rings is 1. The van der Waals surface area contributed by atoms with Crippen LogP contribution in [0.1, 0.15) is 51.4 Å². The number of hydrogen-bond donors (Lipinski definition) is 1. The molecule has 7 nitrogen and oxygen atoms in total. The van der Waals surface area contributed by atoms with Gasteiger partial charge in [0.25, 0.3) is 0 Å². The summed E-state index contributed by atoms with van der Waals surface area (Å²) in [5, 5.41) is 2.91. The molecule has 0 atom stereocenters. The molecule has 2 amide bonds. The molecule has 30 heavy (non-hydrogen) atoms. The Morgan fingerprint density at radius 1 is 0.800 bits per heavy atom. The Hall–Kier alpha value is -1.93. The van der Waals surface area contributed by atoms with Crippen LogP contribution in [0.2, 0.25) is 0 Å². The molecule has 4 rings (SSSR count). The van der Waals surface area contributed by atoms with E-state index in [9.17, 15) is 18.0 Å². The second kappa shape index (κ2) is 9.06. The van der Waals surface area contributed by atoms with Crippen LogP contribution >= 0.6 is 0 Å². The van der Waals surface area contributed by atoms with Gasteiger partial charge in [-0.3, -0.25) is 9.59 Å². The number of hydrogen-bond acceptors (Lipinski definition) is 4. The first kappa shape index (κ1) is 21.3. The van der Waals surface area contributed by atoms with Crippen LogP contribution in [-0.4, -0.2) is 55.6 Å². The summed E-state index contributed by atoms with van der Waals surface area (Å²) in [6.45, 7) is 2.42. The predicted octanol–water partition coefficient (Wildman–Crippen LogP) is 2.84. The lowest BCUT2D eigenvalue weighted by molar-refractivity contribution is -0.135. The highest BCUT2D eigenvalue weighted by Crippen LogP contribution is 2.32. The van der Waals surface area contributed by atoms with Crippen LogP contribution in [0.4, 0.5) is 5.69 Å². The average Bonchev–Trinajstić information content (AvgIpc) is 3.61. The van der Waals surface area contributed by atoms with E-state index in [2.05, 4.69) is 5.32 Å². The molecule has 0 spiro atoms. The second-order valence-corrected chi connectivity index (χ2v) is 10.6. The minimum atomic E-state index is -3.48. The average molecular weight is 434 g/mol. The first-order valence-corrected chi connectivity index (χ1v) is 12.6. The summed E-state index contributed by atoms with van der Waals surface area (Å²) in [4.78, 5) is 26.9. The van der Waals surface area contributed by atoms with Crippen molar-refractivity contribution in [3.63, 3.8) is 0 Å². The van der Waals surface area contributed by atoms with Crippen molar-refractivity contribution >= 4 is 27.5 Å². The van der Waals surface area contributed by atoms with E-state index in [1.54, 1.807) is 28.6 Å². The molecule has 0 aromatic heterocycles. The third-order valence-electron chi connectivity index (χ3n) is 6.43. The summed E-state index contributed by atoms with van der Waals surface area (Å²) in [7, 11) is -3.48. The van der Waals surface area contributed by atoms with Gasteiger partial charge in [0.05, 0.1) is 4.90 Å². The Labute approximate surface area is 178 Å². The van der Waals surface area contributed by atoms with Gasteiger partial charge in [-0.2, -0.15) is 4.31 Å². The van der Waals surface area contributed by atoms with Crippen LogP contribution in [0.3, 0.4) is 0 Å². The van der Waals surface area contributed by atoms with Gasteiger partial charge < -0.3 is 10.2 Å². The summed E-state index contributed by atoms with van der Waals surface area (Å²) in [6, 6.07) is 6.47. The quantitative estimate of drug-likeness (QED) is 0.774. The molecule has 3 aliphatic rings. The minimum absolute atomic E-state index is 0.0587. The first-order chi connectivity index (χ1) is 14.4. The van der Waals surface area contributed by atoms with Gasteiger partial charge in [0.2, 0.25) is 21.8 Å². The van der Waals surface area contributed by atoms with Crippen LogP contribution in [-0.2, 0) is 19.6 Å². The van der Waals surface area contributed by atoms with Crippen molar-refractivity contribution in [2.45, 2.75) is 56.3 Å². The number of carbonyl (C=O) groups excluding carboxylic acids is 2. The van der Waals surface area contributed by atoms with E-state index >= 15 is 0 Å². The molecule has 1 saturated carbocycles. The number of carbonyl (C=O) groups is 2. The molecule has 2 saturated heterocycles. The molecule has 1 aromatic rings. The van der Waals surface area contributed by atoms with Gasteiger partial charge in [0.1, 0.15) is 0 Å². The molecule has 0 unspecified atom stereocenters. The smallest absolute Gasteiger partial charge is 0.243 e. The third-order valence-corrected chi connectivity index (χ3v) is 8.34. The maximum atomic E-state index is 12.9. The first-order valence-electron chi connectivity index (χ1n) is 11.1. The Bertz CT molecular complexity index is 864. The molecular formula is C22H31N3O4S. The number of nitrogens with zero attached hydrogens (tertiary/aromatic N) is 2. The number of sulfonamides is 1. The molecule has 3 fully saturated rings. The lowest BCUT2D eigenvalue weighted by atomic mass is 9.95. The van der Waals surface area contributed by atoms with E-state index in [4.69, 9.17) is 0 Å². The predicted molar refractivity (Wildman–Crippen MR) is 114 cm³/mol. The van der Waals surface area contributed by atoms with E-state index in [-0.39, 0.29) is 28.5 Å². The number of amides is 2. The van der Waals surface area contributed by atoms with Crippen molar-refractivity contribution in [2.24, 2.45) is 11.8 Å². The van der Waals surface area contributed by atoms with E-state index < -0.39 is 10.0 Å². The summed E-state index contributed by atoms with van der Waals surface area (Å²) in [5.74, 6) is 0.292. The van der Waals surface area contributed by atoms with Gasteiger partial charge in [-0.15, -0.1) is 0 Å². The highest BCUT2D eigenvalue weighted by Gasteiger charge is 2.36. The Morgan fingerprint density at radius 3 is 1.97 bits per heavy atom. The zero-order chi connectivity index (χ0) is 21.1. The molecule has 1 aliphatic carbocycles. The summed E-state index contributed by atoms with van der Waals surface area (Å²) in [5.41, 5.74) is 0.603. The van der Waals surface area contributed by atoms with Crippen LogP contribution in [0, 0.1) is 11.8 Å². The largest absolute Gasteiger partial charge is 0.342 e. The van der Waals surface area contributed by atoms with Crippen LogP contribution in [0.25, 0.3) is 0 Å². The maximum Gasteiger partial charge on any atom is 0.243 e. The normalized spacial score (nSPS) is 21.8. The Morgan fingerprint density at radius 2 is 1.40 bits per heavy atom. The van der Waals surface area contributed by atoms with Gasteiger partial charge in [0.15, 0.2) is 0 Å². The molecule has 1 aromatic carbocycles. The molecule has 0 bridgehead atoms. The van der Waals surface area contributed by atoms with Crippen molar-refractivity contribution in [1.29, 1.82) is 0 Å². The fourth-order valence-electron chi connectivity index (χ4n) is 4.34. The standard InChI is InChI=1S/C22H31N3O4S/c26-21(17-11-15-24(16-12-17)22(27)18-5-6-18)23-19-7-9-20(10-8-19)30(28,29)25-13-3-1-2-4-14-25/h7-10,17-18H,1-6,11-16H2,(H,23,26). The number of likely N-dealkylation sites (tertiary alicyclic amines) is 1. The minimum Gasteiger partial charge on any atom is -0.342 e. The number of benzene rings is 1. The zero-order valence-corrected chi connectivity index (χ0v) is 18.2. The molecule has 2 aliphatic heterocycles. The van der Waals surface area contributed by atoms with Crippen LogP contribution < -0.4 is 5.32 Å². The fraction of sp³-hybridized carbons (Fsp3) is 0.636. The summed E-state index contributed by atoms with van der Waals surface area (Å²) >= 11 is 0. The molecule has 164 valence electrons. The molecule has 2 heterocycles. The molecule has 0 radical (unpaired) electrons. The zero-order valence-electron chi connectivity index (χ0n) is 17.4. The van der Waals surface area contributed by atoms with Gasteiger partial charge >= 0.3 is 0 Å². The van der Waals surface area contributed by atoms with Gasteiger partial charge in [0, 0.05) is 43.7 Å². The molecular weight excluding hydrogens is 402 g/mol. The topological polar surface area (TPSA) is 86.8 Å². The lowest BCUT2D eigenvalue weighted by Crippen LogP contribution is -2.42. The van der Waals surface area contributed by atoms with E-state index in [1.165, 1.54) is 0 Å². The van der Waals surface area contributed by atoms with Gasteiger partial charge in [-0.05, 0) is 62.8 Å². The second-order valence-electron chi connectivity index (χ2n) is 8.71. The Balaban J connectivity index is 1.32. The maximum absolute atomic E-state index is 12.9. The van der Waals surface area contributed by atoms with Crippen molar-refractivity contribution < 1.29 is 18.0 Å². The summed E-state index contributed by atoms with van der Waals surface area (Å²) in [6.07, 6.45) is 7.30. The SMILES string of the molecule is O=C(Nc1ccc(S(=O)(=O)N2CCCCCC2)cc1)C1CCN(C(=O)C2CC2)CC1. The van der Waals surface area contributed by atoms with E-state index in [0.717, 1.165) is 38.5 Å². The molecule has 1 N–H and O–H groups in total. The number of anilines is 1. The van der Waals surface area contributed by atoms with E-state index in [1.807, 2.05) is 4.90 Å². The lowest BCUT2D eigenvalue weighted by Gasteiger charge is -2.31. The van der Waals surface area contributed by atoms with Crippen LogP contribution in [0.5, 0.6) is 0 Å². The van der Waals surface area contributed by atoms with Crippen molar-refractivity contribution in [1.82, 2.24) is 9.21 Å². The number of rotatable bonds is 5. The fourth-order valence-corrected chi connectivity index (χ4v) is 5.85. The van der Waals surface area contributed by atoms with Crippen molar-refractivity contribution in [2.75, 3.05) is 31.5 Å². The van der Waals surface area contributed by atoms with Gasteiger partial charge in [-0.25, -0.2) is 8.42 Å². The van der Waals surface area contributed by atoms with E-state index in [0.29, 0.717) is 44.7 Å². The van der Waals surface area contributed by atoms with Crippen molar-refractivity contribution in [3.8, 4) is 0 Å².